The van der Waals surface area contributed by atoms with E-state index in [0.29, 0.717) is 10.0 Å². The van der Waals surface area contributed by atoms with Gasteiger partial charge in [0.2, 0.25) is 0 Å². The number of nitrogens with zero attached hydrogens (tertiary/aromatic N) is 1. The minimum Gasteiger partial charge on any atom is -0.334 e. The van der Waals surface area contributed by atoms with Gasteiger partial charge in [0, 0.05) is 10.2 Å². The lowest BCUT2D eigenvalue weighted by molar-refractivity contribution is 0.443. The van der Waals surface area contributed by atoms with E-state index in [0.717, 1.165) is 33.9 Å². The Morgan fingerprint density at radius 1 is 1.42 bits per heavy atom. The Kier molecular flexibility index (Phi) is 5.09. The van der Waals surface area contributed by atoms with E-state index in [1.807, 2.05) is 12.1 Å². The standard InChI is InChI=1S/C13H15BrCl2N2S/c1-3-13(2)6-7-19-12(18-13)17-9-5-4-8(14)10(15)11(9)16/h4-5H,3,6-7H2,1-2H3,(H,17,18). The zero-order valence-electron chi connectivity index (χ0n) is 10.8. The van der Waals surface area contributed by atoms with Crippen LogP contribution in [0, 0.1) is 0 Å². The molecular formula is C13H15BrCl2N2S. The highest BCUT2D eigenvalue weighted by molar-refractivity contribution is 9.10. The maximum absolute atomic E-state index is 6.23. The van der Waals surface area contributed by atoms with Gasteiger partial charge in [-0.1, -0.05) is 41.9 Å². The molecule has 0 saturated carbocycles. The number of hydrogen-bond donors (Lipinski definition) is 1. The van der Waals surface area contributed by atoms with E-state index in [1.54, 1.807) is 11.8 Å². The Bertz CT molecular complexity index is 522. The average Bonchev–Trinajstić information content (AvgIpc) is 2.40. The van der Waals surface area contributed by atoms with Crippen LogP contribution in [0.5, 0.6) is 0 Å². The van der Waals surface area contributed by atoms with Crippen LogP contribution in [0.4, 0.5) is 5.69 Å². The summed E-state index contributed by atoms with van der Waals surface area (Å²) in [7, 11) is 0. The third-order valence-electron chi connectivity index (χ3n) is 3.29. The molecule has 1 aromatic rings. The Hall–Kier alpha value is 0.1000. The highest BCUT2D eigenvalue weighted by Crippen LogP contribution is 2.37. The van der Waals surface area contributed by atoms with Crippen molar-refractivity contribution >= 4 is 61.7 Å². The summed E-state index contributed by atoms with van der Waals surface area (Å²) in [6.45, 7) is 4.35. The largest absolute Gasteiger partial charge is 0.334 e. The van der Waals surface area contributed by atoms with Crippen LogP contribution < -0.4 is 5.32 Å². The van der Waals surface area contributed by atoms with Crippen molar-refractivity contribution in [2.24, 2.45) is 4.99 Å². The van der Waals surface area contributed by atoms with Crippen molar-refractivity contribution in [1.82, 2.24) is 0 Å². The second kappa shape index (κ2) is 6.25. The van der Waals surface area contributed by atoms with Crippen molar-refractivity contribution in [2.45, 2.75) is 32.2 Å². The van der Waals surface area contributed by atoms with E-state index >= 15 is 0 Å². The molecule has 19 heavy (non-hydrogen) atoms. The number of aliphatic imine (C=N–C) groups is 1. The van der Waals surface area contributed by atoms with Gasteiger partial charge in [-0.05, 0) is 47.8 Å². The SMILES string of the molecule is CCC1(C)CCSC(Nc2ccc(Br)c(Cl)c2Cl)=N1. The zero-order valence-corrected chi connectivity index (χ0v) is 14.7. The molecule has 0 spiro atoms. The molecule has 0 bridgehead atoms. The summed E-state index contributed by atoms with van der Waals surface area (Å²) in [5.41, 5.74) is 0.820. The van der Waals surface area contributed by atoms with Crippen LogP contribution in [-0.2, 0) is 0 Å². The average molecular weight is 382 g/mol. The van der Waals surface area contributed by atoms with Crippen LogP contribution in [0.15, 0.2) is 21.6 Å². The van der Waals surface area contributed by atoms with Crippen molar-refractivity contribution in [1.29, 1.82) is 0 Å². The van der Waals surface area contributed by atoms with Crippen LogP contribution in [0.25, 0.3) is 0 Å². The fourth-order valence-corrected chi connectivity index (χ4v) is 3.78. The third-order valence-corrected chi connectivity index (χ3v) is 5.94. The van der Waals surface area contributed by atoms with E-state index in [1.165, 1.54) is 0 Å². The summed E-state index contributed by atoms with van der Waals surface area (Å²) in [4.78, 5) is 4.78. The van der Waals surface area contributed by atoms with Gasteiger partial charge in [-0.3, -0.25) is 4.99 Å². The molecule has 0 aromatic heterocycles. The summed E-state index contributed by atoms with van der Waals surface area (Å²) in [6.07, 6.45) is 2.14. The van der Waals surface area contributed by atoms with Crippen molar-refractivity contribution < 1.29 is 0 Å². The minimum absolute atomic E-state index is 0.0270. The molecular weight excluding hydrogens is 367 g/mol. The first kappa shape index (κ1) is 15.5. The predicted molar refractivity (Wildman–Crippen MR) is 91.0 cm³/mol. The number of rotatable bonds is 2. The fourth-order valence-electron chi connectivity index (χ4n) is 1.76. The van der Waals surface area contributed by atoms with E-state index in [9.17, 15) is 0 Å². The van der Waals surface area contributed by atoms with Gasteiger partial charge in [-0.25, -0.2) is 0 Å². The summed E-state index contributed by atoms with van der Waals surface area (Å²) in [6, 6.07) is 3.78. The molecule has 1 atom stereocenters. The first-order valence-corrected chi connectivity index (χ1v) is 8.62. The monoisotopic (exact) mass is 380 g/mol. The second-order valence-electron chi connectivity index (χ2n) is 4.71. The molecule has 0 fully saturated rings. The topological polar surface area (TPSA) is 24.4 Å². The lowest BCUT2D eigenvalue weighted by atomic mass is 9.97. The van der Waals surface area contributed by atoms with Gasteiger partial charge in [0.05, 0.1) is 21.3 Å². The number of thioether (sulfide) groups is 1. The van der Waals surface area contributed by atoms with Crippen molar-refractivity contribution in [2.75, 3.05) is 11.1 Å². The maximum Gasteiger partial charge on any atom is 0.161 e. The number of benzene rings is 1. The second-order valence-corrected chi connectivity index (χ2v) is 7.41. The number of halogens is 3. The summed E-state index contributed by atoms with van der Waals surface area (Å²) in [5, 5.41) is 5.23. The third kappa shape index (κ3) is 3.60. The van der Waals surface area contributed by atoms with E-state index < -0.39 is 0 Å². The van der Waals surface area contributed by atoms with E-state index in [-0.39, 0.29) is 5.54 Å². The van der Waals surface area contributed by atoms with Crippen molar-refractivity contribution in [3.63, 3.8) is 0 Å². The number of nitrogens with one attached hydrogen (secondary N) is 1. The quantitative estimate of drug-likeness (QED) is 0.651. The molecule has 104 valence electrons. The molecule has 1 aromatic carbocycles. The van der Waals surface area contributed by atoms with Gasteiger partial charge < -0.3 is 5.32 Å². The molecule has 2 rings (SSSR count). The van der Waals surface area contributed by atoms with Gasteiger partial charge in [0.1, 0.15) is 0 Å². The smallest absolute Gasteiger partial charge is 0.161 e. The number of hydrogen-bond acceptors (Lipinski definition) is 3. The van der Waals surface area contributed by atoms with Crippen LogP contribution >= 0.6 is 50.9 Å². The molecule has 1 unspecified atom stereocenters. The van der Waals surface area contributed by atoms with Crippen LogP contribution in [0.2, 0.25) is 10.0 Å². The lowest BCUT2D eigenvalue weighted by Crippen LogP contribution is -2.29. The molecule has 6 heteroatoms. The summed E-state index contributed by atoms with van der Waals surface area (Å²) in [5.74, 6) is 1.07. The summed E-state index contributed by atoms with van der Waals surface area (Å²) < 4.78 is 0.793. The molecule has 1 aliphatic rings. The first-order valence-electron chi connectivity index (χ1n) is 6.08. The van der Waals surface area contributed by atoms with Crippen LogP contribution in [-0.4, -0.2) is 16.5 Å². The fraction of sp³-hybridized carbons (Fsp3) is 0.462. The predicted octanol–water partition coefficient (Wildman–Crippen LogP) is 5.83. The summed E-state index contributed by atoms with van der Waals surface area (Å²) >= 11 is 17.4. The molecule has 1 heterocycles. The first-order chi connectivity index (χ1) is 8.95. The van der Waals surface area contributed by atoms with Gasteiger partial charge in [0.15, 0.2) is 5.17 Å². The van der Waals surface area contributed by atoms with Crippen molar-refractivity contribution in [3.8, 4) is 0 Å². The van der Waals surface area contributed by atoms with Gasteiger partial charge >= 0.3 is 0 Å². The number of anilines is 1. The molecule has 2 nitrogen and oxygen atoms in total. The molecule has 0 aliphatic carbocycles. The zero-order chi connectivity index (χ0) is 14.0. The van der Waals surface area contributed by atoms with Crippen LogP contribution in [0.1, 0.15) is 26.7 Å². The Morgan fingerprint density at radius 2 is 2.16 bits per heavy atom. The molecule has 0 saturated heterocycles. The van der Waals surface area contributed by atoms with E-state index in [2.05, 4.69) is 35.1 Å². The Labute approximate surface area is 136 Å². The van der Waals surface area contributed by atoms with Crippen molar-refractivity contribution in [3.05, 3.63) is 26.7 Å². The minimum atomic E-state index is 0.0270. The highest BCUT2D eigenvalue weighted by Gasteiger charge is 2.26. The molecule has 1 aliphatic heterocycles. The molecule has 1 N–H and O–H groups in total. The van der Waals surface area contributed by atoms with Gasteiger partial charge in [-0.2, -0.15) is 0 Å². The normalized spacial score (nSPS) is 23.1. The van der Waals surface area contributed by atoms with E-state index in [4.69, 9.17) is 28.2 Å². The number of amidine groups is 1. The Morgan fingerprint density at radius 3 is 2.84 bits per heavy atom. The van der Waals surface area contributed by atoms with Crippen LogP contribution in [0.3, 0.4) is 0 Å². The Balaban J connectivity index is 2.25. The van der Waals surface area contributed by atoms with Gasteiger partial charge in [-0.15, -0.1) is 0 Å². The maximum atomic E-state index is 6.23. The lowest BCUT2D eigenvalue weighted by Gasteiger charge is -2.29. The molecule has 0 amide bonds. The molecule has 0 radical (unpaired) electrons. The highest BCUT2D eigenvalue weighted by atomic mass is 79.9. The van der Waals surface area contributed by atoms with Gasteiger partial charge in [0.25, 0.3) is 0 Å².